The Kier molecular flexibility index (Phi) is 12.7. The van der Waals surface area contributed by atoms with Gasteiger partial charge < -0.3 is 4.90 Å². The van der Waals surface area contributed by atoms with Crippen LogP contribution in [-0.2, 0) is 0 Å². The van der Waals surface area contributed by atoms with Crippen LogP contribution in [0.2, 0.25) is 0 Å². The molecule has 0 saturated carbocycles. The van der Waals surface area contributed by atoms with Crippen molar-refractivity contribution in [1.82, 2.24) is 4.90 Å². The van der Waals surface area contributed by atoms with Crippen LogP contribution in [0, 0.1) is 5.92 Å². The minimum atomic E-state index is 0.969. The van der Waals surface area contributed by atoms with Crippen LogP contribution in [0.1, 0.15) is 77.6 Å². The first kappa shape index (κ1) is 19.7. The fourth-order valence-electron chi connectivity index (χ4n) is 3.27. The summed E-state index contributed by atoms with van der Waals surface area (Å²) in [5.41, 5.74) is 8.16. The van der Waals surface area contributed by atoms with Crippen LogP contribution in [0.15, 0.2) is 4.52 Å². The second-order valence-corrected chi connectivity index (χ2v) is 7.38. The first-order valence-electron chi connectivity index (χ1n) is 9.25. The van der Waals surface area contributed by atoms with Crippen molar-refractivity contribution in [2.24, 2.45) is 10.4 Å². The lowest BCUT2D eigenvalue weighted by atomic mass is 9.91. The number of likely N-dealkylation sites (tertiary alicyclic amines) is 1. The Labute approximate surface area is 141 Å². The highest BCUT2D eigenvalue weighted by Crippen LogP contribution is 2.22. The van der Waals surface area contributed by atoms with Crippen molar-refractivity contribution >= 4 is 11.9 Å². The number of nitrogens with zero attached hydrogens (tertiary/aromatic N) is 4. The van der Waals surface area contributed by atoms with Crippen molar-refractivity contribution in [3.05, 3.63) is 10.4 Å². The zero-order valence-corrected chi connectivity index (χ0v) is 15.2. The molecule has 4 nitrogen and oxygen atoms in total. The molecule has 0 aromatic rings. The summed E-state index contributed by atoms with van der Waals surface area (Å²) in [6, 6.07) is 0. The van der Waals surface area contributed by atoms with Crippen molar-refractivity contribution in [3.63, 3.8) is 0 Å². The Balaban J connectivity index is 1.84. The van der Waals surface area contributed by atoms with Crippen LogP contribution in [-0.4, -0.2) is 30.3 Å². The highest BCUT2D eigenvalue weighted by Gasteiger charge is 2.17. The molecule has 1 rings (SSSR count). The molecule has 0 N–H and O–H groups in total. The SMILES string of the molecule is CCCCC1CCN(CCCCCCCCSN=[N+]=[N-])CC1. The Hall–Kier alpha value is -0.380. The maximum atomic E-state index is 8.16. The fraction of sp³-hybridized carbons (Fsp3) is 1.00. The molecule has 5 heteroatoms. The fourth-order valence-corrected chi connectivity index (χ4v) is 3.73. The second-order valence-electron chi connectivity index (χ2n) is 6.55. The molecule has 0 aliphatic carbocycles. The molecule has 0 aromatic heterocycles. The average Bonchev–Trinajstić information content (AvgIpc) is 2.56. The van der Waals surface area contributed by atoms with E-state index in [-0.39, 0.29) is 0 Å². The Bertz CT molecular complexity index is 297. The van der Waals surface area contributed by atoms with Crippen LogP contribution < -0.4 is 0 Å². The van der Waals surface area contributed by atoms with Crippen LogP contribution in [0.25, 0.3) is 10.4 Å². The van der Waals surface area contributed by atoms with E-state index in [0.29, 0.717) is 0 Å². The predicted octanol–water partition coefficient (Wildman–Crippen LogP) is 6.19. The molecule has 0 amide bonds. The molecule has 0 atom stereocenters. The number of hydrogen-bond acceptors (Lipinski definition) is 3. The highest BCUT2D eigenvalue weighted by atomic mass is 32.2. The molecule has 128 valence electrons. The van der Waals surface area contributed by atoms with Crippen LogP contribution in [0.5, 0.6) is 0 Å². The number of rotatable bonds is 13. The van der Waals surface area contributed by atoms with E-state index in [1.807, 2.05) is 0 Å². The normalized spacial score (nSPS) is 16.6. The third-order valence-corrected chi connectivity index (χ3v) is 5.39. The molecule has 0 radical (unpaired) electrons. The van der Waals surface area contributed by atoms with Gasteiger partial charge in [-0.3, -0.25) is 0 Å². The standard InChI is InChI=1S/C17H34N4S/c1-2-3-10-17-11-14-21(15-12-17)13-8-6-4-5-7-9-16-22-20-19-18/h17H,2-16H2,1H3. The smallest absolute Gasteiger partial charge is 0.0108 e. The largest absolute Gasteiger partial charge is 0.303 e. The van der Waals surface area contributed by atoms with E-state index in [1.54, 1.807) is 0 Å². The number of piperidine rings is 1. The van der Waals surface area contributed by atoms with E-state index in [2.05, 4.69) is 21.3 Å². The van der Waals surface area contributed by atoms with E-state index in [1.165, 1.54) is 102 Å². The minimum absolute atomic E-state index is 0.969. The van der Waals surface area contributed by atoms with Gasteiger partial charge in [-0.05, 0) is 61.3 Å². The van der Waals surface area contributed by atoms with Gasteiger partial charge in [0, 0.05) is 10.7 Å². The molecule has 0 bridgehead atoms. The van der Waals surface area contributed by atoms with Crippen molar-refractivity contribution < 1.29 is 0 Å². The van der Waals surface area contributed by atoms with Crippen molar-refractivity contribution in [3.8, 4) is 0 Å². The lowest BCUT2D eigenvalue weighted by Gasteiger charge is -2.32. The highest BCUT2D eigenvalue weighted by molar-refractivity contribution is 7.97. The van der Waals surface area contributed by atoms with Crippen molar-refractivity contribution in [1.29, 1.82) is 0 Å². The molecule has 0 aromatic carbocycles. The number of unbranched alkanes of at least 4 members (excludes halogenated alkanes) is 6. The molecule has 1 saturated heterocycles. The third kappa shape index (κ3) is 10.4. The number of azide groups is 1. The predicted molar refractivity (Wildman–Crippen MR) is 98.0 cm³/mol. The van der Waals surface area contributed by atoms with Gasteiger partial charge in [0.05, 0.1) is 0 Å². The summed E-state index contributed by atoms with van der Waals surface area (Å²) in [5.74, 6) is 1.98. The molecular weight excluding hydrogens is 292 g/mol. The second kappa shape index (κ2) is 14.2. The van der Waals surface area contributed by atoms with Gasteiger partial charge in [-0.15, -0.1) is 0 Å². The third-order valence-electron chi connectivity index (χ3n) is 4.73. The lowest BCUT2D eigenvalue weighted by Crippen LogP contribution is -2.34. The van der Waals surface area contributed by atoms with Gasteiger partial charge in [0.2, 0.25) is 0 Å². The quantitative estimate of drug-likeness (QED) is 0.133. The lowest BCUT2D eigenvalue weighted by molar-refractivity contribution is 0.174. The van der Waals surface area contributed by atoms with Crippen LogP contribution >= 0.6 is 11.9 Å². The summed E-state index contributed by atoms with van der Waals surface area (Å²) >= 11 is 1.35. The zero-order valence-electron chi connectivity index (χ0n) is 14.4. The molecule has 1 aliphatic rings. The topological polar surface area (TPSA) is 52.0 Å². The summed E-state index contributed by atoms with van der Waals surface area (Å²) in [5, 5.41) is 0. The first-order valence-corrected chi connectivity index (χ1v) is 10.2. The van der Waals surface area contributed by atoms with Gasteiger partial charge in [0.25, 0.3) is 0 Å². The van der Waals surface area contributed by atoms with E-state index in [9.17, 15) is 0 Å². The van der Waals surface area contributed by atoms with E-state index < -0.39 is 0 Å². The van der Waals surface area contributed by atoms with Gasteiger partial charge in [0.1, 0.15) is 0 Å². The monoisotopic (exact) mass is 326 g/mol. The van der Waals surface area contributed by atoms with Crippen LogP contribution in [0.3, 0.4) is 0 Å². The molecule has 1 aliphatic heterocycles. The summed E-state index contributed by atoms with van der Waals surface area (Å²) in [7, 11) is 0. The van der Waals surface area contributed by atoms with Gasteiger partial charge >= 0.3 is 0 Å². The molecule has 22 heavy (non-hydrogen) atoms. The maximum Gasteiger partial charge on any atom is 0.0108 e. The summed E-state index contributed by atoms with van der Waals surface area (Å²) < 4.78 is 3.48. The zero-order chi connectivity index (χ0) is 15.9. The van der Waals surface area contributed by atoms with Crippen molar-refractivity contribution in [2.45, 2.75) is 77.6 Å². The average molecular weight is 327 g/mol. The minimum Gasteiger partial charge on any atom is -0.303 e. The molecule has 1 heterocycles. The first-order chi connectivity index (χ1) is 10.9. The molecular formula is C17H34N4S. The van der Waals surface area contributed by atoms with Gasteiger partial charge in [0.15, 0.2) is 0 Å². The molecule has 1 fully saturated rings. The van der Waals surface area contributed by atoms with E-state index in [0.717, 1.165) is 11.7 Å². The van der Waals surface area contributed by atoms with E-state index in [4.69, 9.17) is 5.53 Å². The van der Waals surface area contributed by atoms with Crippen LogP contribution in [0.4, 0.5) is 0 Å². The summed E-state index contributed by atoms with van der Waals surface area (Å²) in [4.78, 5) is 5.42. The van der Waals surface area contributed by atoms with E-state index >= 15 is 0 Å². The summed E-state index contributed by atoms with van der Waals surface area (Å²) in [6.45, 7) is 6.29. The Morgan fingerprint density at radius 2 is 1.73 bits per heavy atom. The van der Waals surface area contributed by atoms with Crippen molar-refractivity contribution in [2.75, 3.05) is 25.4 Å². The summed E-state index contributed by atoms with van der Waals surface area (Å²) in [6.07, 6.45) is 15.0. The Morgan fingerprint density at radius 1 is 1.05 bits per heavy atom. The van der Waals surface area contributed by atoms with Gasteiger partial charge in [-0.2, -0.15) is 0 Å². The molecule has 0 unspecified atom stereocenters. The van der Waals surface area contributed by atoms with Gasteiger partial charge in [-0.25, -0.2) is 0 Å². The maximum absolute atomic E-state index is 8.16. The Morgan fingerprint density at radius 3 is 2.41 bits per heavy atom. The molecule has 0 spiro atoms. The number of hydrogen-bond donors (Lipinski definition) is 0. The van der Waals surface area contributed by atoms with Gasteiger partial charge in [-0.1, -0.05) is 63.8 Å².